The van der Waals surface area contributed by atoms with Crippen LogP contribution in [0, 0.1) is 5.82 Å². The maximum atomic E-state index is 13.3. The second kappa shape index (κ2) is 9.44. The number of hydrogen-bond donors (Lipinski definition) is 1. The zero-order valence-electron chi connectivity index (χ0n) is 17.8. The normalized spacial score (nSPS) is 11.7. The van der Waals surface area contributed by atoms with E-state index in [2.05, 4.69) is 10.4 Å². The van der Waals surface area contributed by atoms with Crippen LogP contribution in [0.15, 0.2) is 94.5 Å². The molecular formula is C25H21FN4O3. The molecule has 1 N–H and O–H groups in total. The Bertz CT molecular complexity index is 1380. The fourth-order valence-electron chi connectivity index (χ4n) is 3.46. The molecule has 0 fully saturated rings. The first-order valence-electron chi connectivity index (χ1n) is 10.3. The molecule has 1 heterocycles. The molecule has 3 aromatic carbocycles. The second-order valence-electron chi connectivity index (χ2n) is 7.45. The van der Waals surface area contributed by atoms with Gasteiger partial charge in [-0.15, -0.1) is 0 Å². The molecule has 33 heavy (non-hydrogen) atoms. The Morgan fingerprint density at radius 2 is 1.55 bits per heavy atom. The Morgan fingerprint density at radius 3 is 2.18 bits per heavy atom. The molecule has 0 unspecified atom stereocenters. The largest absolute Gasteiger partial charge is 0.352 e. The molecule has 0 saturated carbocycles. The minimum absolute atomic E-state index is 0.0684. The molecule has 166 valence electrons. The molecule has 0 bridgehead atoms. The smallest absolute Gasteiger partial charge is 0.346 e. The van der Waals surface area contributed by atoms with E-state index in [1.807, 2.05) is 18.2 Å². The maximum absolute atomic E-state index is 13.3. The Labute approximate surface area is 188 Å². The minimum Gasteiger partial charge on any atom is -0.346 e. The number of nitrogens with one attached hydrogen (secondary N) is 1. The van der Waals surface area contributed by atoms with Crippen LogP contribution in [-0.2, 0) is 6.54 Å². The predicted molar refractivity (Wildman–Crippen MR) is 122 cm³/mol. The third-order valence-corrected chi connectivity index (χ3v) is 5.26. The molecule has 7 nitrogen and oxygen atoms in total. The number of rotatable bonds is 6. The molecule has 0 aliphatic carbocycles. The molecule has 0 saturated heterocycles. The van der Waals surface area contributed by atoms with Crippen LogP contribution >= 0.6 is 0 Å². The zero-order valence-corrected chi connectivity index (χ0v) is 17.8. The monoisotopic (exact) mass is 444 g/mol. The van der Waals surface area contributed by atoms with Crippen molar-refractivity contribution in [3.05, 3.63) is 128 Å². The Hall–Kier alpha value is -4.33. The molecule has 0 aliphatic rings. The molecule has 0 aliphatic heterocycles. The van der Waals surface area contributed by atoms with E-state index in [1.165, 1.54) is 24.3 Å². The van der Waals surface area contributed by atoms with Gasteiger partial charge in [0.05, 0.1) is 11.7 Å². The molecule has 1 aromatic heterocycles. The average Bonchev–Trinajstić information content (AvgIpc) is 2.84. The highest BCUT2D eigenvalue weighted by atomic mass is 19.1. The standard InChI is InChI=1S/C25H21FN4O3/c1-17(19-8-4-2-5-9-19)29-24(32)22(23(31)27-16-18-12-14-20(26)15-13-18)28-30(25(29)33)21-10-6-3-7-11-21/h2-15,17H,16H2,1H3,(H,27,31)/t17-/m1/s1. The van der Waals surface area contributed by atoms with E-state index < -0.39 is 28.9 Å². The molecule has 4 aromatic rings. The Morgan fingerprint density at radius 1 is 0.939 bits per heavy atom. The summed E-state index contributed by atoms with van der Waals surface area (Å²) in [4.78, 5) is 39.5. The Balaban J connectivity index is 1.79. The third-order valence-electron chi connectivity index (χ3n) is 5.26. The summed E-state index contributed by atoms with van der Waals surface area (Å²) >= 11 is 0. The molecule has 1 atom stereocenters. The summed E-state index contributed by atoms with van der Waals surface area (Å²) in [6.07, 6.45) is 0. The van der Waals surface area contributed by atoms with Crippen molar-refractivity contribution in [3.8, 4) is 5.69 Å². The SMILES string of the molecule is C[C@H](c1ccccc1)n1c(=O)c(C(=O)NCc2ccc(F)cc2)nn(-c2ccccc2)c1=O. The van der Waals surface area contributed by atoms with Gasteiger partial charge in [0.2, 0.25) is 5.69 Å². The number of carbonyl (C=O) groups excluding carboxylic acids is 1. The van der Waals surface area contributed by atoms with Crippen molar-refractivity contribution < 1.29 is 9.18 Å². The van der Waals surface area contributed by atoms with Gasteiger partial charge in [0.1, 0.15) is 5.82 Å². The van der Waals surface area contributed by atoms with Crippen molar-refractivity contribution in [2.24, 2.45) is 0 Å². The zero-order chi connectivity index (χ0) is 23.4. The number of carbonyl (C=O) groups is 1. The summed E-state index contributed by atoms with van der Waals surface area (Å²) in [7, 11) is 0. The first-order chi connectivity index (χ1) is 16.0. The number of amides is 1. The van der Waals surface area contributed by atoms with Gasteiger partial charge in [0, 0.05) is 6.54 Å². The van der Waals surface area contributed by atoms with Gasteiger partial charge in [0.15, 0.2) is 0 Å². The molecular weight excluding hydrogens is 423 g/mol. The van der Waals surface area contributed by atoms with Crippen LogP contribution < -0.4 is 16.6 Å². The fraction of sp³-hybridized carbons (Fsp3) is 0.120. The van der Waals surface area contributed by atoms with Crippen molar-refractivity contribution in [2.45, 2.75) is 19.5 Å². The maximum Gasteiger partial charge on any atom is 0.352 e. The fourth-order valence-corrected chi connectivity index (χ4v) is 3.46. The number of nitrogens with zero attached hydrogens (tertiary/aromatic N) is 3. The third kappa shape index (κ3) is 4.64. The van der Waals surface area contributed by atoms with Crippen molar-refractivity contribution in [2.75, 3.05) is 0 Å². The van der Waals surface area contributed by atoms with Crippen LogP contribution in [0.4, 0.5) is 4.39 Å². The predicted octanol–water partition coefficient (Wildman–Crippen LogP) is 3.07. The van der Waals surface area contributed by atoms with Gasteiger partial charge in [-0.3, -0.25) is 9.59 Å². The van der Waals surface area contributed by atoms with Gasteiger partial charge in [-0.1, -0.05) is 60.7 Å². The van der Waals surface area contributed by atoms with Gasteiger partial charge in [0.25, 0.3) is 11.5 Å². The van der Waals surface area contributed by atoms with Gasteiger partial charge in [-0.25, -0.2) is 13.8 Å². The van der Waals surface area contributed by atoms with E-state index in [0.717, 1.165) is 14.8 Å². The molecule has 8 heteroatoms. The average molecular weight is 444 g/mol. The summed E-state index contributed by atoms with van der Waals surface area (Å²) in [6, 6.07) is 22.6. The molecule has 0 radical (unpaired) electrons. The summed E-state index contributed by atoms with van der Waals surface area (Å²) < 4.78 is 15.2. The highest BCUT2D eigenvalue weighted by Gasteiger charge is 2.23. The van der Waals surface area contributed by atoms with Gasteiger partial charge in [-0.05, 0) is 42.3 Å². The number of para-hydroxylation sites is 1. The molecule has 0 spiro atoms. The number of hydrogen-bond acceptors (Lipinski definition) is 4. The van der Waals surface area contributed by atoms with E-state index >= 15 is 0 Å². The summed E-state index contributed by atoms with van der Waals surface area (Å²) in [5.74, 6) is -1.12. The van der Waals surface area contributed by atoms with Crippen LogP contribution in [0.25, 0.3) is 5.69 Å². The van der Waals surface area contributed by atoms with Crippen molar-refractivity contribution in [1.29, 1.82) is 0 Å². The van der Waals surface area contributed by atoms with Gasteiger partial charge < -0.3 is 5.32 Å². The van der Waals surface area contributed by atoms with Crippen LogP contribution in [0.2, 0.25) is 0 Å². The summed E-state index contributed by atoms with van der Waals surface area (Å²) in [5.41, 5.74) is -0.0514. The van der Waals surface area contributed by atoms with Crippen molar-refractivity contribution >= 4 is 5.91 Å². The minimum atomic E-state index is -0.792. The lowest BCUT2D eigenvalue weighted by atomic mass is 10.1. The first kappa shape index (κ1) is 21.9. The molecule has 4 rings (SSSR count). The first-order valence-corrected chi connectivity index (χ1v) is 10.3. The lowest BCUT2D eigenvalue weighted by Gasteiger charge is -2.17. The van der Waals surface area contributed by atoms with E-state index in [4.69, 9.17) is 0 Å². The number of benzene rings is 3. The van der Waals surface area contributed by atoms with Crippen LogP contribution in [0.1, 0.15) is 34.6 Å². The second-order valence-corrected chi connectivity index (χ2v) is 7.45. The number of aromatic nitrogens is 3. The lowest BCUT2D eigenvalue weighted by molar-refractivity contribution is 0.0941. The molecule has 1 amide bonds. The summed E-state index contributed by atoms with van der Waals surface area (Å²) in [6.45, 7) is 1.78. The van der Waals surface area contributed by atoms with Gasteiger partial charge >= 0.3 is 5.69 Å². The van der Waals surface area contributed by atoms with E-state index in [1.54, 1.807) is 49.4 Å². The van der Waals surface area contributed by atoms with Crippen molar-refractivity contribution in [3.63, 3.8) is 0 Å². The van der Waals surface area contributed by atoms with E-state index in [-0.39, 0.29) is 12.4 Å². The van der Waals surface area contributed by atoms with E-state index in [0.29, 0.717) is 11.3 Å². The number of halogens is 1. The highest BCUT2D eigenvalue weighted by Crippen LogP contribution is 2.14. The van der Waals surface area contributed by atoms with Crippen LogP contribution in [0.3, 0.4) is 0 Å². The van der Waals surface area contributed by atoms with Crippen LogP contribution in [-0.4, -0.2) is 20.3 Å². The topological polar surface area (TPSA) is 86.0 Å². The quantitative estimate of drug-likeness (QED) is 0.495. The van der Waals surface area contributed by atoms with E-state index in [9.17, 15) is 18.8 Å². The lowest BCUT2D eigenvalue weighted by Crippen LogP contribution is -2.47. The highest BCUT2D eigenvalue weighted by molar-refractivity contribution is 5.91. The Kier molecular flexibility index (Phi) is 6.26. The summed E-state index contributed by atoms with van der Waals surface area (Å²) in [5, 5.41) is 6.73. The van der Waals surface area contributed by atoms with Crippen molar-refractivity contribution in [1.82, 2.24) is 19.7 Å². The van der Waals surface area contributed by atoms with Crippen LogP contribution in [0.5, 0.6) is 0 Å². The van der Waals surface area contributed by atoms with Gasteiger partial charge in [-0.2, -0.15) is 9.78 Å².